The summed E-state index contributed by atoms with van der Waals surface area (Å²) in [6, 6.07) is 13.0. The van der Waals surface area contributed by atoms with Crippen molar-refractivity contribution in [2.45, 2.75) is 50.2 Å². The van der Waals surface area contributed by atoms with Crippen molar-refractivity contribution in [3.05, 3.63) is 65.2 Å². The van der Waals surface area contributed by atoms with Crippen molar-refractivity contribution in [1.82, 2.24) is 15.1 Å². The van der Waals surface area contributed by atoms with Crippen LogP contribution < -0.4 is 10.1 Å². The van der Waals surface area contributed by atoms with Crippen molar-refractivity contribution >= 4 is 17.8 Å². The molecular weight excluding hydrogens is 490 g/mol. The lowest BCUT2D eigenvalue weighted by atomic mass is 9.99. The quantitative estimate of drug-likeness (QED) is 0.553. The highest BCUT2D eigenvalue weighted by Gasteiger charge is 2.38. The molecule has 3 aliphatic rings. The molecule has 10 heteroatoms. The molecule has 0 radical (unpaired) electrons. The normalized spacial score (nSPS) is 26.8. The van der Waals surface area contributed by atoms with E-state index < -0.39 is 24.2 Å². The zero-order valence-corrected chi connectivity index (χ0v) is 21.1. The maximum atomic E-state index is 13.7. The second-order valence-electron chi connectivity index (χ2n) is 10.1. The Morgan fingerprint density at radius 2 is 1.82 bits per heavy atom. The van der Waals surface area contributed by atoms with Gasteiger partial charge in [-0.1, -0.05) is 24.3 Å². The van der Waals surface area contributed by atoms with E-state index in [0.717, 1.165) is 5.56 Å². The lowest BCUT2D eigenvalue weighted by Crippen LogP contribution is -2.61. The average Bonchev–Trinajstić information content (AvgIpc) is 2.93. The van der Waals surface area contributed by atoms with E-state index in [0.29, 0.717) is 63.4 Å². The summed E-state index contributed by atoms with van der Waals surface area (Å²) in [5.41, 5.74) is 1.54. The summed E-state index contributed by atoms with van der Waals surface area (Å²) in [6.07, 6.45) is 0.618. The Morgan fingerprint density at radius 1 is 1.03 bits per heavy atom. The monoisotopic (exact) mass is 523 g/mol. The van der Waals surface area contributed by atoms with Crippen LogP contribution in [0.15, 0.2) is 48.5 Å². The third-order valence-electron chi connectivity index (χ3n) is 7.51. The molecular formula is C28H33N3O7. The maximum Gasteiger partial charge on any atom is 0.335 e. The van der Waals surface area contributed by atoms with Gasteiger partial charge in [-0.05, 0) is 42.7 Å². The molecule has 5 rings (SSSR count). The third-order valence-corrected chi connectivity index (χ3v) is 7.51. The van der Waals surface area contributed by atoms with Crippen molar-refractivity contribution in [3.63, 3.8) is 0 Å². The van der Waals surface area contributed by atoms with Crippen LogP contribution >= 0.6 is 0 Å². The van der Waals surface area contributed by atoms with E-state index in [2.05, 4.69) is 10.2 Å². The number of carbonyl (C=O) groups is 3. The van der Waals surface area contributed by atoms with Crippen LogP contribution in [-0.4, -0.2) is 94.9 Å². The number of carboxylic acid groups (broad SMARTS) is 1. The van der Waals surface area contributed by atoms with Crippen LogP contribution in [0.4, 0.5) is 0 Å². The summed E-state index contributed by atoms with van der Waals surface area (Å²) in [7, 11) is 0. The van der Waals surface area contributed by atoms with E-state index in [-0.39, 0.29) is 30.0 Å². The van der Waals surface area contributed by atoms with E-state index >= 15 is 0 Å². The van der Waals surface area contributed by atoms with Gasteiger partial charge in [-0.3, -0.25) is 14.5 Å². The second kappa shape index (κ2) is 11.5. The molecule has 2 aromatic rings. The van der Waals surface area contributed by atoms with E-state index in [4.69, 9.17) is 14.6 Å². The van der Waals surface area contributed by atoms with E-state index in [1.165, 1.54) is 0 Å². The molecule has 2 bridgehead atoms. The molecule has 38 heavy (non-hydrogen) atoms. The standard InChI is InChI=1S/C28H33N3O7/c32-23-10-9-20-11-14-37-24-4-2-1-3-21(24)27(34)31-13-12-30(16-18-5-7-19(8-6-18)28(35)36)17-22(31)26(33)29-15-25(23)38-20/h1-8,20,22-23,25,32H,9-17H2,(H,29,33)(H,35,36)/t20-,22-,23-,25+/m0/s1. The summed E-state index contributed by atoms with van der Waals surface area (Å²) in [6.45, 7) is 2.23. The van der Waals surface area contributed by atoms with Gasteiger partial charge in [0.25, 0.3) is 5.91 Å². The molecule has 0 spiro atoms. The van der Waals surface area contributed by atoms with Crippen molar-refractivity contribution in [3.8, 4) is 5.75 Å². The number of piperazine rings is 1. The summed E-state index contributed by atoms with van der Waals surface area (Å²) in [5, 5.41) is 22.5. The number of nitrogens with one attached hydrogen (secondary N) is 1. The number of ether oxygens (including phenoxy) is 2. The van der Waals surface area contributed by atoms with Gasteiger partial charge in [0.05, 0.1) is 29.9 Å². The predicted octanol–water partition coefficient (Wildman–Crippen LogP) is 1.52. The van der Waals surface area contributed by atoms with Gasteiger partial charge in [-0.2, -0.15) is 0 Å². The van der Waals surface area contributed by atoms with Gasteiger partial charge in [0, 0.05) is 39.1 Å². The third kappa shape index (κ3) is 5.82. The minimum absolute atomic E-state index is 0.0970. The van der Waals surface area contributed by atoms with Crippen molar-refractivity contribution < 1.29 is 34.1 Å². The summed E-state index contributed by atoms with van der Waals surface area (Å²) < 4.78 is 12.1. The maximum absolute atomic E-state index is 13.7. The molecule has 3 heterocycles. The van der Waals surface area contributed by atoms with Crippen LogP contribution in [-0.2, 0) is 16.1 Å². The number of aromatic carboxylic acids is 1. The lowest BCUT2D eigenvalue weighted by molar-refractivity contribution is -0.135. The lowest BCUT2D eigenvalue weighted by Gasteiger charge is -2.41. The number of aliphatic hydroxyl groups excluding tert-OH is 1. The van der Waals surface area contributed by atoms with E-state index in [9.17, 15) is 19.5 Å². The number of carboxylic acids is 1. The van der Waals surface area contributed by atoms with E-state index in [1.807, 2.05) is 6.07 Å². The highest BCUT2D eigenvalue weighted by atomic mass is 16.5. The molecule has 0 aromatic heterocycles. The molecule has 2 fully saturated rings. The zero-order valence-electron chi connectivity index (χ0n) is 21.1. The SMILES string of the molecule is O=C(O)c1ccc(CN2CCN3C(=O)c4ccccc4OCC[C@@H]4CC[C@H](O)[C@@H](CNC(=O)[C@@H]3C2)O4)cc1. The fourth-order valence-corrected chi connectivity index (χ4v) is 5.35. The molecule has 0 unspecified atom stereocenters. The Kier molecular flexibility index (Phi) is 7.92. The Morgan fingerprint density at radius 3 is 2.61 bits per heavy atom. The zero-order chi connectivity index (χ0) is 26.6. The van der Waals surface area contributed by atoms with Gasteiger partial charge in [-0.15, -0.1) is 0 Å². The van der Waals surface area contributed by atoms with Crippen molar-refractivity contribution in [2.24, 2.45) is 0 Å². The first-order chi connectivity index (χ1) is 18.4. The minimum Gasteiger partial charge on any atom is -0.493 e. The van der Waals surface area contributed by atoms with Gasteiger partial charge in [0.1, 0.15) is 17.9 Å². The Labute approximate surface area is 221 Å². The Balaban J connectivity index is 1.39. The smallest absolute Gasteiger partial charge is 0.335 e. The van der Waals surface area contributed by atoms with Gasteiger partial charge in [-0.25, -0.2) is 4.79 Å². The first kappa shape index (κ1) is 26.1. The molecule has 4 atom stereocenters. The number of rotatable bonds is 3. The first-order valence-electron chi connectivity index (χ1n) is 13.1. The fraction of sp³-hybridized carbons (Fsp3) is 0.464. The number of aliphatic hydroxyl groups is 1. The van der Waals surface area contributed by atoms with Gasteiger partial charge < -0.3 is 29.9 Å². The number of para-hydroxylation sites is 1. The molecule has 2 saturated heterocycles. The Hall–Kier alpha value is -3.47. The summed E-state index contributed by atoms with van der Waals surface area (Å²) >= 11 is 0. The molecule has 2 amide bonds. The summed E-state index contributed by atoms with van der Waals surface area (Å²) in [4.78, 5) is 42.1. The molecule has 2 aromatic carbocycles. The van der Waals surface area contributed by atoms with Gasteiger partial charge >= 0.3 is 5.97 Å². The fourth-order valence-electron chi connectivity index (χ4n) is 5.35. The molecule has 0 aliphatic carbocycles. The minimum atomic E-state index is -0.984. The molecule has 10 nitrogen and oxygen atoms in total. The number of hydrogen-bond donors (Lipinski definition) is 3. The van der Waals surface area contributed by atoms with Gasteiger partial charge in [0.2, 0.25) is 5.91 Å². The van der Waals surface area contributed by atoms with Crippen LogP contribution in [0, 0.1) is 0 Å². The number of benzene rings is 2. The highest BCUT2D eigenvalue weighted by Crippen LogP contribution is 2.26. The number of fused-ring (bicyclic) bond motifs is 4. The number of carbonyl (C=O) groups excluding carboxylic acids is 2. The predicted molar refractivity (Wildman–Crippen MR) is 137 cm³/mol. The van der Waals surface area contributed by atoms with Crippen molar-refractivity contribution in [2.75, 3.05) is 32.8 Å². The number of nitrogens with zero attached hydrogens (tertiary/aromatic N) is 2. The molecule has 202 valence electrons. The number of hydrogen-bond acceptors (Lipinski definition) is 7. The summed E-state index contributed by atoms with van der Waals surface area (Å²) in [5.74, 6) is -1.08. The van der Waals surface area contributed by atoms with Crippen LogP contribution in [0.25, 0.3) is 0 Å². The van der Waals surface area contributed by atoms with Crippen molar-refractivity contribution in [1.29, 1.82) is 0 Å². The Bertz CT molecular complexity index is 1170. The molecule has 0 saturated carbocycles. The average molecular weight is 524 g/mol. The molecule has 3 aliphatic heterocycles. The largest absolute Gasteiger partial charge is 0.493 e. The van der Waals surface area contributed by atoms with E-state index in [1.54, 1.807) is 47.4 Å². The van der Waals surface area contributed by atoms with Crippen LogP contribution in [0.5, 0.6) is 5.75 Å². The topological polar surface area (TPSA) is 129 Å². The van der Waals surface area contributed by atoms with Gasteiger partial charge in [0.15, 0.2) is 0 Å². The van der Waals surface area contributed by atoms with Crippen LogP contribution in [0.1, 0.15) is 45.5 Å². The highest BCUT2D eigenvalue weighted by molar-refractivity contribution is 6.00. The molecule has 3 N–H and O–H groups in total. The first-order valence-corrected chi connectivity index (χ1v) is 13.1. The second-order valence-corrected chi connectivity index (χ2v) is 10.1. The number of amides is 2. The van der Waals surface area contributed by atoms with Crippen LogP contribution in [0.3, 0.4) is 0 Å². The van der Waals surface area contributed by atoms with Crippen LogP contribution in [0.2, 0.25) is 0 Å².